The molecule has 0 heterocycles. The van der Waals surface area contributed by atoms with Crippen LogP contribution in [0.1, 0.15) is 6.42 Å². The number of benzene rings is 2. The molecule has 0 aliphatic rings. The van der Waals surface area contributed by atoms with Crippen LogP contribution in [0.15, 0.2) is 47.4 Å². The van der Waals surface area contributed by atoms with Crippen molar-refractivity contribution in [2.75, 3.05) is 25.3 Å². The highest BCUT2D eigenvalue weighted by Gasteiger charge is 2.09. The Morgan fingerprint density at radius 3 is 2.52 bits per heavy atom. The molecule has 0 saturated carbocycles. The number of anilines is 1. The lowest BCUT2D eigenvalue weighted by atomic mass is 10.2. The first-order valence-corrected chi connectivity index (χ1v) is 8.01. The van der Waals surface area contributed by atoms with Crippen molar-refractivity contribution in [3.05, 3.63) is 48.3 Å². The Kier molecular flexibility index (Phi) is 6.29. The minimum atomic E-state index is -0.265. The number of hydrogen-bond donors (Lipinski definition) is 1. The Bertz CT molecular complexity index is 661. The molecule has 0 bridgehead atoms. The van der Waals surface area contributed by atoms with Crippen LogP contribution >= 0.6 is 11.8 Å². The van der Waals surface area contributed by atoms with Gasteiger partial charge in [-0.25, -0.2) is 4.39 Å². The van der Waals surface area contributed by atoms with Crippen LogP contribution in [-0.2, 0) is 4.79 Å². The van der Waals surface area contributed by atoms with Gasteiger partial charge in [-0.2, -0.15) is 0 Å². The van der Waals surface area contributed by atoms with E-state index < -0.39 is 0 Å². The summed E-state index contributed by atoms with van der Waals surface area (Å²) in [6.45, 7) is 0. The largest absolute Gasteiger partial charge is 0.497 e. The molecule has 0 aromatic heterocycles. The summed E-state index contributed by atoms with van der Waals surface area (Å²) in [7, 11) is 3.11. The van der Waals surface area contributed by atoms with Gasteiger partial charge >= 0.3 is 0 Å². The van der Waals surface area contributed by atoms with Gasteiger partial charge in [0.2, 0.25) is 5.91 Å². The maximum absolute atomic E-state index is 12.8. The summed E-state index contributed by atoms with van der Waals surface area (Å²) in [6, 6.07) is 11.4. The van der Waals surface area contributed by atoms with Gasteiger partial charge in [-0.3, -0.25) is 4.79 Å². The van der Waals surface area contributed by atoms with E-state index in [9.17, 15) is 9.18 Å². The third-order valence-electron chi connectivity index (χ3n) is 3.09. The highest BCUT2D eigenvalue weighted by Crippen LogP contribution is 2.29. The molecule has 0 aliphatic heterocycles. The van der Waals surface area contributed by atoms with Gasteiger partial charge in [0.15, 0.2) is 0 Å². The Balaban J connectivity index is 1.86. The summed E-state index contributed by atoms with van der Waals surface area (Å²) in [4.78, 5) is 12.9. The summed E-state index contributed by atoms with van der Waals surface area (Å²) in [5, 5.41) is 2.82. The predicted molar refractivity (Wildman–Crippen MR) is 89.9 cm³/mol. The van der Waals surface area contributed by atoms with Crippen LogP contribution in [0.2, 0.25) is 0 Å². The van der Waals surface area contributed by atoms with E-state index in [1.165, 1.54) is 31.0 Å². The topological polar surface area (TPSA) is 47.6 Å². The number of methoxy groups -OCH3 is 2. The number of ether oxygens (including phenoxy) is 2. The van der Waals surface area contributed by atoms with Gasteiger partial charge in [0, 0.05) is 23.1 Å². The molecule has 1 N–H and O–H groups in total. The van der Waals surface area contributed by atoms with E-state index >= 15 is 0 Å². The number of amides is 1. The van der Waals surface area contributed by atoms with E-state index in [1.54, 1.807) is 37.4 Å². The molecule has 0 atom stereocenters. The minimum Gasteiger partial charge on any atom is -0.497 e. The second-order valence-electron chi connectivity index (χ2n) is 4.67. The maximum atomic E-state index is 12.8. The SMILES string of the molecule is COc1ccc(NC(=O)CCSc2ccc(F)cc2)c(OC)c1. The number of carbonyl (C=O) groups excluding carboxylic acids is 1. The summed E-state index contributed by atoms with van der Waals surface area (Å²) in [5.41, 5.74) is 0.602. The molecule has 2 aromatic carbocycles. The first-order valence-electron chi connectivity index (χ1n) is 7.02. The van der Waals surface area contributed by atoms with E-state index in [2.05, 4.69) is 5.32 Å². The van der Waals surface area contributed by atoms with E-state index in [0.717, 1.165) is 4.90 Å². The van der Waals surface area contributed by atoms with Gasteiger partial charge in [0.25, 0.3) is 0 Å². The van der Waals surface area contributed by atoms with Crippen molar-refractivity contribution in [1.29, 1.82) is 0 Å². The molecule has 0 saturated heterocycles. The molecule has 0 aliphatic carbocycles. The zero-order valence-corrected chi connectivity index (χ0v) is 13.8. The standard InChI is InChI=1S/C17H18FNO3S/c1-21-13-5-8-15(16(11-13)22-2)19-17(20)9-10-23-14-6-3-12(18)4-7-14/h3-8,11H,9-10H2,1-2H3,(H,19,20). The molecule has 0 fully saturated rings. The van der Waals surface area contributed by atoms with Crippen molar-refractivity contribution in [2.45, 2.75) is 11.3 Å². The van der Waals surface area contributed by atoms with Gasteiger partial charge in [-0.05, 0) is 36.4 Å². The van der Waals surface area contributed by atoms with Gasteiger partial charge in [-0.1, -0.05) is 0 Å². The minimum absolute atomic E-state index is 0.108. The molecular weight excluding hydrogens is 317 g/mol. The fraction of sp³-hybridized carbons (Fsp3) is 0.235. The average Bonchev–Trinajstić information content (AvgIpc) is 2.57. The third-order valence-corrected chi connectivity index (χ3v) is 4.11. The Morgan fingerprint density at radius 1 is 1.13 bits per heavy atom. The monoisotopic (exact) mass is 335 g/mol. The van der Waals surface area contributed by atoms with E-state index in [0.29, 0.717) is 29.4 Å². The lowest BCUT2D eigenvalue weighted by molar-refractivity contribution is -0.115. The predicted octanol–water partition coefficient (Wildman–Crippen LogP) is 3.96. The summed E-state index contributed by atoms with van der Waals surface area (Å²) >= 11 is 1.51. The molecule has 0 unspecified atom stereocenters. The number of halogens is 1. The normalized spacial score (nSPS) is 10.2. The molecule has 4 nitrogen and oxygen atoms in total. The van der Waals surface area contributed by atoms with Gasteiger partial charge in [0.05, 0.1) is 19.9 Å². The molecule has 1 amide bonds. The summed E-state index contributed by atoms with van der Waals surface area (Å²) in [6.07, 6.45) is 0.344. The van der Waals surface area contributed by atoms with Crippen molar-refractivity contribution in [1.82, 2.24) is 0 Å². The Hall–Kier alpha value is -2.21. The number of nitrogens with one attached hydrogen (secondary N) is 1. The summed E-state index contributed by atoms with van der Waals surface area (Å²) < 4.78 is 23.2. The van der Waals surface area contributed by atoms with Gasteiger partial charge < -0.3 is 14.8 Å². The lowest BCUT2D eigenvalue weighted by Gasteiger charge is -2.11. The highest BCUT2D eigenvalue weighted by molar-refractivity contribution is 7.99. The number of carbonyl (C=O) groups is 1. The van der Waals surface area contributed by atoms with Crippen molar-refractivity contribution >= 4 is 23.4 Å². The van der Waals surface area contributed by atoms with E-state index in [-0.39, 0.29) is 11.7 Å². The van der Waals surface area contributed by atoms with Crippen LogP contribution in [0.4, 0.5) is 10.1 Å². The van der Waals surface area contributed by atoms with E-state index in [4.69, 9.17) is 9.47 Å². The average molecular weight is 335 g/mol. The van der Waals surface area contributed by atoms with Gasteiger partial charge in [-0.15, -0.1) is 11.8 Å². The van der Waals surface area contributed by atoms with Crippen molar-refractivity contribution in [3.63, 3.8) is 0 Å². The molecule has 0 radical (unpaired) electrons. The molecule has 0 spiro atoms. The highest BCUT2D eigenvalue weighted by atomic mass is 32.2. The smallest absolute Gasteiger partial charge is 0.225 e. The quantitative estimate of drug-likeness (QED) is 0.778. The van der Waals surface area contributed by atoms with Crippen molar-refractivity contribution in [2.24, 2.45) is 0 Å². The first kappa shape index (κ1) is 17.1. The molecular formula is C17H18FNO3S. The maximum Gasteiger partial charge on any atom is 0.225 e. The Morgan fingerprint density at radius 2 is 1.87 bits per heavy atom. The lowest BCUT2D eigenvalue weighted by Crippen LogP contribution is -2.13. The zero-order valence-electron chi connectivity index (χ0n) is 13.0. The van der Waals surface area contributed by atoms with Crippen LogP contribution in [-0.4, -0.2) is 25.9 Å². The summed E-state index contributed by atoms with van der Waals surface area (Å²) in [5.74, 6) is 1.44. The number of hydrogen-bond acceptors (Lipinski definition) is 4. The molecule has 122 valence electrons. The second kappa shape index (κ2) is 8.43. The zero-order chi connectivity index (χ0) is 16.7. The fourth-order valence-corrected chi connectivity index (χ4v) is 2.76. The van der Waals surface area contributed by atoms with Crippen LogP contribution in [0, 0.1) is 5.82 Å². The van der Waals surface area contributed by atoms with Crippen LogP contribution in [0.3, 0.4) is 0 Å². The molecule has 2 rings (SSSR count). The second-order valence-corrected chi connectivity index (χ2v) is 5.84. The van der Waals surface area contributed by atoms with E-state index in [1.807, 2.05) is 0 Å². The third kappa shape index (κ3) is 5.17. The Labute approximate surface area is 139 Å². The molecule has 2 aromatic rings. The van der Waals surface area contributed by atoms with Crippen molar-refractivity contribution in [3.8, 4) is 11.5 Å². The van der Waals surface area contributed by atoms with Crippen molar-refractivity contribution < 1.29 is 18.7 Å². The molecule has 6 heteroatoms. The van der Waals surface area contributed by atoms with Crippen LogP contribution < -0.4 is 14.8 Å². The van der Waals surface area contributed by atoms with Crippen LogP contribution in [0.25, 0.3) is 0 Å². The molecule has 23 heavy (non-hydrogen) atoms. The van der Waals surface area contributed by atoms with Gasteiger partial charge in [0.1, 0.15) is 17.3 Å². The number of thioether (sulfide) groups is 1. The number of rotatable bonds is 7. The first-order chi connectivity index (χ1) is 11.1. The van der Waals surface area contributed by atoms with Crippen LogP contribution in [0.5, 0.6) is 11.5 Å². The fourth-order valence-electron chi connectivity index (χ4n) is 1.91.